The van der Waals surface area contributed by atoms with Crippen LogP contribution in [0.4, 0.5) is 0 Å². The molecule has 1 fully saturated rings. The quantitative estimate of drug-likeness (QED) is 0.774. The highest BCUT2D eigenvalue weighted by Crippen LogP contribution is 2.30. The number of benzene rings is 1. The topological polar surface area (TPSA) is 74.8 Å². The van der Waals surface area contributed by atoms with Gasteiger partial charge in [-0.15, -0.1) is 0 Å². The maximum Gasteiger partial charge on any atom is 0.244 e. The molecule has 0 saturated carbocycles. The first-order valence-electron chi connectivity index (χ1n) is 6.91. The van der Waals surface area contributed by atoms with Crippen molar-refractivity contribution in [2.24, 2.45) is 0 Å². The zero-order chi connectivity index (χ0) is 17.4. The van der Waals surface area contributed by atoms with Gasteiger partial charge in [0.25, 0.3) is 0 Å². The van der Waals surface area contributed by atoms with Crippen LogP contribution < -0.4 is 0 Å². The second-order valence-corrected chi connectivity index (χ2v) is 10.3. The van der Waals surface area contributed by atoms with Crippen molar-refractivity contribution in [3.63, 3.8) is 0 Å². The van der Waals surface area contributed by atoms with Crippen molar-refractivity contribution in [1.29, 1.82) is 0 Å². The third-order valence-corrected chi connectivity index (χ3v) is 7.93. The smallest absolute Gasteiger partial charge is 0.213 e. The van der Waals surface area contributed by atoms with E-state index in [2.05, 4.69) is 0 Å². The summed E-state index contributed by atoms with van der Waals surface area (Å²) in [6, 6.07) is 4.09. The fourth-order valence-corrected chi connectivity index (χ4v) is 5.49. The summed E-state index contributed by atoms with van der Waals surface area (Å²) in [4.78, 5) is -0.0263. The van der Waals surface area contributed by atoms with Gasteiger partial charge in [0.15, 0.2) is 0 Å². The van der Waals surface area contributed by atoms with Crippen molar-refractivity contribution in [3.8, 4) is 0 Å². The van der Waals surface area contributed by atoms with Gasteiger partial charge in [0.1, 0.15) is 4.90 Å². The van der Waals surface area contributed by atoms with Crippen LogP contribution >= 0.6 is 23.2 Å². The summed E-state index contributed by atoms with van der Waals surface area (Å²) in [6.07, 6.45) is 2.00. The minimum absolute atomic E-state index is 0.0263. The molecule has 0 N–H and O–H groups in total. The number of halogens is 2. The summed E-state index contributed by atoms with van der Waals surface area (Å²) in [6.45, 7) is 0.464. The molecule has 1 heterocycles. The Morgan fingerprint density at radius 1 is 1.13 bits per heavy atom. The molecule has 2 rings (SSSR count). The van der Waals surface area contributed by atoms with Crippen LogP contribution in [0.5, 0.6) is 0 Å². The molecule has 0 spiro atoms. The molecule has 0 unspecified atom stereocenters. The number of hydrogen-bond donors (Lipinski definition) is 0. The summed E-state index contributed by atoms with van der Waals surface area (Å²) in [5.74, 6) is 0. The van der Waals surface area contributed by atoms with Gasteiger partial charge in [0.2, 0.25) is 20.0 Å². The molecule has 10 heteroatoms. The highest BCUT2D eigenvalue weighted by molar-refractivity contribution is 7.89. The highest BCUT2D eigenvalue weighted by Gasteiger charge is 2.34. The van der Waals surface area contributed by atoms with Crippen LogP contribution in [-0.4, -0.2) is 57.9 Å². The van der Waals surface area contributed by atoms with Crippen LogP contribution in [0.2, 0.25) is 10.0 Å². The van der Waals surface area contributed by atoms with E-state index in [4.69, 9.17) is 23.2 Å². The Kier molecular flexibility index (Phi) is 5.65. The minimum atomic E-state index is -3.75. The second kappa shape index (κ2) is 6.85. The zero-order valence-electron chi connectivity index (χ0n) is 12.7. The molecular formula is C13H18Cl2N2O4S2. The zero-order valence-corrected chi connectivity index (χ0v) is 15.9. The van der Waals surface area contributed by atoms with Crippen LogP contribution in [0.15, 0.2) is 23.1 Å². The number of hydrogen-bond acceptors (Lipinski definition) is 4. The van der Waals surface area contributed by atoms with Crippen molar-refractivity contribution in [2.75, 3.05) is 26.4 Å². The highest BCUT2D eigenvalue weighted by atomic mass is 35.5. The van der Waals surface area contributed by atoms with Gasteiger partial charge in [-0.3, -0.25) is 0 Å². The molecule has 1 aliphatic rings. The molecule has 6 nitrogen and oxygen atoms in total. The summed E-state index contributed by atoms with van der Waals surface area (Å²) < 4.78 is 51.1. The predicted octanol–water partition coefficient (Wildman–Crippen LogP) is 2.04. The van der Waals surface area contributed by atoms with Crippen LogP contribution in [0, 0.1) is 0 Å². The second-order valence-electron chi connectivity index (χ2n) is 5.49. The Balaban J connectivity index is 2.17. The average molecular weight is 401 g/mol. The van der Waals surface area contributed by atoms with Gasteiger partial charge in [-0.25, -0.2) is 21.1 Å². The number of sulfonamides is 2. The molecule has 1 aromatic carbocycles. The Bertz CT molecular complexity index is 788. The van der Waals surface area contributed by atoms with Crippen molar-refractivity contribution in [1.82, 2.24) is 8.61 Å². The first-order chi connectivity index (χ1) is 10.5. The summed E-state index contributed by atoms with van der Waals surface area (Å²) in [7, 11) is -5.53. The summed E-state index contributed by atoms with van der Waals surface area (Å²) >= 11 is 11.8. The lowest BCUT2D eigenvalue weighted by molar-refractivity contribution is 0.239. The van der Waals surface area contributed by atoms with Crippen molar-refractivity contribution in [3.05, 3.63) is 28.2 Å². The van der Waals surface area contributed by atoms with E-state index in [1.807, 2.05) is 0 Å². The number of nitrogens with zero attached hydrogens (tertiary/aromatic N) is 2. The van der Waals surface area contributed by atoms with E-state index in [1.54, 1.807) is 0 Å². The lowest BCUT2D eigenvalue weighted by Crippen LogP contribution is -2.46. The standard InChI is InChI=1S/C13H18Cl2N2O4S2/c1-16(22(2,18)19)11-5-7-17(8-6-11)23(20,21)13-9-10(14)3-4-12(13)15/h3-4,9,11H,5-8H2,1-2H3. The molecule has 0 aliphatic carbocycles. The molecule has 1 aromatic rings. The van der Waals surface area contributed by atoms with Crippen molar-refractivity contribution >= 4 is 43.2 Å². The van der Waals surface area contributed by atoms with Crippen LogP contribution in [0.3, 0.4) is 0 Å². The normalized spacial score (nSPS) is 18.5. The molecule has 0 amide bonds. The maximum atomic E-state index is 12.7. The van der Waals surface area contributed by atoms with Gasteiger partial charge < -0.3 is 0 Å². The van der Waals surface area contributed by atoms with E-state index in [9.17, 15) is 16.8 Å². The molecule has 0 radical (unpaired) electrons. The van der Waals surface area contributed by atoms with Gasteiger partial charge in [-0.1, -0.05) is 23.2 Å². The molecule has 1 aliphatic heterocycles. The van der Waals surface area contributed by atoms with E-state index < -0.39 is 20.0 Å². The van der Waals surface area contributed by atoms with E-state index in [-0.39, 0.29) is 29.0 Å². The van der Waals surface area contributed by atoms with E-state index in [1.165, 1.54) is 33.9 Å². The van der Waals surface area contributed by atoms with Crippen molar-refractivity contribution < 1.29 is 16.8 Å². The maximum absolute atomic E-state index is 12.7. The van der Waals surface area contributed by atoms with Crippen LogP contribution in [0.1, 0.15) is 12.8 Å². The fourth-order valence-electron chi connectivity index (χ4n) is 2.53. The van der Waals surface area contributed by atoms with Gasteiger partial charge in [-0.05, 0) is 31.0 Å². The monoisotopic (exact) mass is 400 g/mol. The van der Waals surface area contributed by atoms with E-state index in [0.717, 1.165) is 6.26 Å². The number of piperidine rings is 1. The van der Waals surface area contributed by atoms with Crippen LogP contribution in [-0.2, 0) is 20.0 Å². The third-order valence-electron chi connectivity index (χ3n) is 3.97. The minimum Gasteiger partial charge on any atom is -0.213 e. The molecule has 0 bridgehead atoms. The molecule has 0 aromatic heterocycles. The summed E-state index contributed by atoms with van der Waals surface area (Å²) in [5.41, 5.74) is 0. The SMILES string of the molecule is CN(C1CCN(S(=O)(=O)c2cc(Cl)ccc2Cl)CC1)S(C)(=O)=O. The lowest BCUT2D eigenvalue weighted by atomic mass is 10.1. The molecule has 23 heavy (non-hydrogen) atoms. The van der Waals surface area contributed by atoms with Crippen molar-refractivity contribution in [2.45, 2.75) is 23.8 Å². The first-order valence-corrected chi connectivity index (χ1v) is 11.0. The predicted molar refractivity (Wildman–Crippen MR) is 90.8 cm³/mol. The Morgan fingerprint density at radius 2 is 1.70 bits per heavy atom. The van der Waals surface area contributed by atoms with Gasteiger partial charge in [0, 0.05) is 31.2 Å². The number of rotatable bonds is 4. The molecular weight excluding hydrogens is 383 g/mol. The van der Waals surface area contributed by atoms with Gasteiger partial charge in [-0.2, -0.15) is 4.31 Å². The van der Waals surface area contributed by atoms with Gasteiger partial charge >= 0.3 is 0 Å². The summed E-state index contributed by atoms with van der Waals surface area (Å²) in [5, 5.41) is 0.407. The molecule has 0 atom stereocenters. The average Bonchev–Trinajstić information content (AvgIpc) is 2.48. The fraction of sp³-hybridized carbons (Fsp3) is 0.538. The Morgan fingerprint density at radius 3 is 2.22 bits per heavy atom. The lowest BCUT2D eigenvalue weighted by Gasteiger charge is -2.35. The van der Waals surface area contributed by atoms with E-state index >= 15 is 0 Å². The van der Waals surface area contributed by atoms with Crippen LogP contribution in [0.25, 0.3) is 0 Å². The Labute approximate surface area is 147 Å². The van der Waals surface area contributed by atoms with E-state index in [0.29, 0.717) is 17.9 Å². The molecule has 1 saturated heterocycles. The molecule has 130 valence electrons. The Hall–Kier alpha value is -0.380. The largest absolute Gasteiger partial charge is 0.244 e. The first kappa shape index (κ1) is 19.0. The third kappa shape index (κ3) is 4.18. The van der Waals surface area contributed by atoms with Gasteiger partial charge in [0.05, 0.1) is 11.3 Å².